The van der Waals surface area contributed by atoms with Crippen molar-refractivity contribution in [1.82, 2.24) is 0 Å². The average Bonchev–Trinajstić information content (AvgIpc) is 2.73. The fraction of sp³-hybridized carbons (Fsp3) is 0.478. The smallest absolute Gasteiger partial charge is 0.169 e. The van der Waals surface area contributed by atoms with Crippen molar-refractivity contribution in [2.75, 3.05) is 33.9 Å². The highest BCUT2D eigenvalue weighted by Crippen LogP contribution is 2.30. The van der Waals surface area contributed by atoms with Crippen LogP contribution in [0.3, 0.4) is 0 Å². The average molecular weight is 371 g/mol. The fourth-order valence-corrected chi connectivity index (χ4v) is 4.39. The van der Waals surface area contributed by atoms with Gasteiger partial charge in [-0.15, -0.1) is 0 Å². The predicted octanol–water partition coefficient (Wildman–Crippen LogP) is 1.36. The fourth-order valence-electron chi connectivity index (χ4n) is 4.39. The molecule has 4 heteroatoms. The number of rotatable bonds is 8. The first-order valence-corrected chi connectivity index (χ1v) is 10.2. The maximum absolute atomic E-state index is 5.61. The van der Waals surface area contributed by atoms with Crippen LogP contribution in [0.1, 0.15) is 30.9 Å². The van der Waals surface area contributed by atoms with Crippen molar-refractivity contribution in [2.45, 2.75) is 38.9 Å². The Morgan fingerprint density at radius 2 is 1.70 bits per heavy atom. The van der Waals surface area contributed by atoms with Crippen molar-refractivity contribution >= 4 is 0 Å². The maximum atomic E-state index is 5.61. The number of para-hydroxylation sites is 1. The van der Waals surface area contributed by atoms with Crippen LogP contribution in [0.25, 0.3) is 0 Å². The van der Waals surface area contributed by atoms with Gasteiger partial charge in [0.1, 0.15) is 13.1 Å². The van der Waals surface area contributed by atoms with Gasteiger partial charge in [0, 0.05) is 18.4 Å². The number of nitrogens with one attached hydrogen (secondary N) is 2. The van der Waals surface area contributed by atoms with Gasteiger partial charge < -0.3 is 19.3 Å². The van der Waals surface area contributed by atoms with Crippen LogP contribution in [0, 0.1) is 0 Å². The number of quaternary nitrogens is 2. The summed E-state index contributed by atoms with van der Waals surface area (Å²) < 4.78 is 11.1. The van der Waals surface area contributed by atoms with Crippen LogP contribution in [0.5, 0.6) is 11.5 Å². The van der Waals surface area contributed by atoms with E-state index in [0.717, 1.165) is 30.6 Å². The van der Waals surface area contributed by atoms with Gasteiger partial charge in [-0.25, -0.2) is 0 Å². The summed E-state index contributed by atoms with van der Waals surface area (Å²) in [7, 11) is 3.43. The molecule has 3 rings (SSSR count). The molecule has 1 aliphatic heterocycles. The summed E-state index contributed by atoms with van der Waals surface area (Å²) in [6.45, 7) is 8.11. The van der Waals surface area contributed by atoms with E-state index >= 15 is 0 Å². The van der Waals surface area contributed by atoms with E-state index in [2.05, 4.69) is 49.4 Å². The SMILES string of the molecule is CC[NH+](Cc1ccccc1)C1CC[NH+](Cc2cccc(OC)c2OC)CC1. The summed E-state index contributed by atoms with van der Waals surface area (Å²) in [6, 6.07) is 17.9. The van der Waals surface area contributed by atoms with E-state index in [1.165, 1.54) is 43.6 Å². The summed E-state index contributed by atoms with van der Waals surface area (Å²) in [5.74, 6) is 1.72. The van der Waals surface area contributed by atoms with Crippen LogP contribution >= 0.6 is 0 Å². The predicted molar refractivity (Wildman–Crippen MR) is 109 cm³/mol. The van der Waals surface area contributed by atoms with Crippen molar-refractivity contribution in [3.05, 3.63) is 59.7 Å². The van der Waals surface area contributed by atoms with Crippen LogP contribution in [-0.2, 0) is 13.1 Å². The number of hydrogen-bond acceptors (Lipinski definition) is 2. The molecule has 1 heterocycles. The summed E-state index contributed by atoms with van der Waals surface area (Å²) >= 11 is 0. The molecule has 0 bridgehead atoms. The molecule has 2 aromatic carbocycles. The molecule has 0 aromatic heterocycles. The summed E-state index contributed by atoms with van der Waals surface area (Å²) in [4.78, 5) is 3.37. The monoisotopic (exact) mass is 370 g/mol. The normalized spacial score (nSPS) is 20.9. The van der Waals surface area contributed by atoms with Crippen molar-refractivity contribution in [3.8, 4) is 11.5 Å². The molecule has 0 radical (unpaired) electrons. The van der Waals surface area contributed by atoms with Crippen molar-refractivity contribution in [1.29, 1.82) is 0 Å². The molecule has 1 saturated heterocycles. The van der Waals surface area contributed by atoms with Gasteiger partial charge in [-0.1, -0.05) is 36.4 Å². The summed E-state index contributed by atoms with van der Waals surface area (Å²) in [5, 5.41) is 0. The van der Waals surface area contributed by atoms with Gasteiger partial charge in [0.2, 0.25) is 0 Å². The highest BCUT2D eigenvalue weighted by molar-refractivity contribution is 5.46. The van der Waals surface area contributed by atoms with E-state index in [4.69, 9.17) is 9.47 Å². The Labute approximate surface area is 163 Å². The zero-order chi connectivity index (χ0) is 19.1. The first-order valence-electron chi connectivity index (χ1n) is 10.2. The van der Waals surface area contributed by atoms with Gasteiger partial charge in [-0.3, -0.25) is 0 Å². The quantitative estimate of drug-likeness (QED) is 0.734. The van der Waals surface area contributed by atoms with Crippen molar-refractivity contribution in [2.24, 2.45) is 0 Å². The van der Waals surface area contributed by atoms with Crippen LogP contribution in [0.2, 0.25) is 0 Å². The molecule has 1 atom stereocenters. The van der Waals surface area contributed by atoms with E-state index in [9.17, 15) is 0 Å². The zero-order valence-electron chi connectivity index (χ0n) is 17.0. The molecule has 0 saturated carbocycles. The zero-order valence-corrected chi connectivity index (χ0v) is 17.0. The van der Waals surface area contributed by atoms with Gasteiger partial charge in [-0.05, 0) is 19.1 Å². The third-order valence-electron chi connectivity index (χ3n) is 5.92. The van der Waals surface area contributed by atoms with Crippen molar-refractivity contribution < 1.29 is 19.3 Å². The minimum absolute atomic E-state index is 0.770. The molecule has 1 fully saturated rings. The van der Waals surface area contributed by atoms with Gasteiger partial charge >= 0.3 is 0 Å². The third kappa shape index (κ3) is 5.02. The lowest BCUT2D eigenvalue weighted by molar-refractivity contribution is -0.969. The second-order valence-corrected chi connectivity index (χ2v) is 7.53. The summed E-state index contributed by atoms with van der Waals surface area (Å²) in [6.07, 6.45) is 2.58. The Morgan fingerprint density at radius 3 is 2.33 bits per heavy atom. The van der Waals surface area contributed by atoms with E-state index < -0.39 is 0 Å². The molecule has 146 valence electrons. The molecule has 1 aliphatic rings. The summed E-state index contributed by atoms with van der Waals surface area (Å²) in [5.41, 5.74) is 2.69. The van der Waals surface area contributed by atoms with Gasteiger partial charge in [0.25, 0.3) is 0 Å². The van der Waals surface area contributed by atoms with Crippen molar-refractivity contribution in [3.63, 3.8) is 0 Å². The van der Waals surface area contributed by atoms with Crippen LogP contribution in [0.4, 0.5) is 0 Å². The van der Waals surface area contributed by atoms with Gasteiger partial charge in [0.15, 0.2) is 11.5 Å². The topological polar surface area (TPSA) is 27.3 Å². The minimum Gasteiger partial charge on any atom is -0.493 e. The standard InChI is InChI=1S/C23H32N2O2/c1-4-25(17-19-9-6-5-7-10-19)21-13-15-24(16-14-21)18-20-11-8-12-22(26-2)23(20)27-3/h5-12,21H,4,13-18H2,1-3H3/p+2. The van der Waals surface area contributed by atoms with E-state index in [1.54, 1.807) is 24.0 Å². The number of hydrogen-bond donors (Lipinski definition) is 2. The molecule has 2 aromatic rings. The highest BCUT2D eigenvalue weighted by atomic mass is 16.5. The molecule has 0 aliphatic carbocycles. The number of methoxy groups -OCH3 is 2. The van der Waals surface area contributed by atoms with E-state index in [0.29, 0.717) is 0 Å². The first-order chi connectivity index (χ1) is 13.2. The molecule has 0 spiro atoms. The lowest BCUT2D eigenvalue weighted by Gasteiger charge is -2.34. The molecule has 27 heavy (non-hydrogen) atoms. The van der Waals surface area contributed by atoms with Crippen LogP contribution in [-0.4, -0.2) is 39.9 Å². The lowest BCUT2D eigenvalue weighted by Crippen LogP contribution is -3.19. The lowest BCUT2D eigenvalue weighted by atomic mass is 10.0. The number of piperidine rings is 1. The Balaban J connectivity index is 1.57. The Kier molecular flexibility index (Phi) is 7.13. The minimum atomic E-state index is 0.770. The number of ether oxygens (including phenoxy) is 2. The highest BCUT2D eigenvalue weighted by Gasteiger charge is 2.29. The number of likely N-dealkylation sites (tertiary alicyclic amines) is 1. The Morgan fingerprint density at radius 1 is 0.963 bits per heavy atom. The van der Waals surface area contributed by atoms with E-state index in [-0.39, 0.29) is 0 Å². The first kappa shape index (κ1) is 19.7. The molecule has 1 unspecified atom stereocenters. The largest absolute Gasteiger partial charge is 0.493 e. The van der Waals surface area contributed by atoms with Gasteiger partial charge in [0.05, 0.1) is 45.5 Å². The second-order valence-electron chi connectivity index (χ2n) is 7.53. The Bertz CT molecular complexity index is 697. The molecular weight excluding hydrogens is 336 g/mol. The maximum Gasteiger partial charge on any atom is 0.169 e. The molecule has 4 nitrogen and oxygen atoms in total. The Hall–Kier alpha value is -2.04. The van der Waals surface area contributed by atoms with Gasteiger partial charge in [-0.2, -0.15) is 0 Å². The molecule has 2 N–H and O–H groups in total. The van der Waals surface area contributed by atoms with Crippen LogP contribution in [0.15, 0.2) is 48.5 Å². The molecular formula is C23H34N2O2+2. The van der Waals surface area contributed by atoms with E-state index in [1.807, 2.05) is 6.07 Å². The second kappa shape index (κ2) is 9.77. The third-order valence-corrected chi connectivity index (χ3v) is 5.92. The number of benzene rings is 2. The molecule has 0 amide bonds. The van der Waals surface area contributed by atoms with Crippen LogP contribution < -0.4 is 19.3 Å².